The first-order valence-corrected chi connectivity index (χ1v) is 4.61. The summed E-state index contributed by atoms with van der Waals surface area (Å²) in [6.45, 7) is 5.46. The first-order chi connectivity index (χ1) is 6.11. The Balaban J connectivity index is 2.52. The molecule has 0 aromatic heterocycles. The number of ether oxygens (including phenoxy) is 2. The van der Waals surface area contributed by atoms with E-state index in [9.17, 15) is 4.79 Å². The molecule has 0 aromatic rings. The standard InChI is InChI=1S/C9H17NO3/c1-6-3-12-5-8(10)9(11)13-4-7(6)2/h6-8H,3-5,10H2,1-2H3. The molecule has 1 fully saturated rings. The molecule has 0 radical (unpaired) electrons. The molecule has 1 heterocycles. The van der Waals surface area contributed by atoms with Crippen LogP contribution in [0.4, 0.5) is 0 Å². The maximum atomic E-state index is 11.1. The minimum atomic E-state index is -0.627. The van der Waals surface area contributed by atoms with E-state index >= 15 is 0 Å². The van der Waals surface area contributed by atoms with Crippen LogP contribution in [0.25, 0.3) is 0 Å². The summed E-state index contributed by atoms with van der Waals surface area (Å²) in [5.74, 6) is 0.369. The van der Waals surface area contributed by atoms with E-state index in [0.717, 1.165) is 0 Å². The van der Waals surface area contributed by atoms with E-state index in [1.165, 1.54) is 0 Å². The number of hydrogen-bond acceptors (Lipinski definition) is 4. The van der Waals surface area contributed by atoms with Crippen molar-refractivity contribution in [3.63, 3.8) is 0 Å². The number of rotatable bonds is 0. The Kier molecular flexibility index (Phi) is 3.69. The predicted octanol–water partition coefficient (Wildman–Crippen LogP) is 0.159. The third kappa shape index (κ3) is 2.97. The Morgan fingerprint density at radius 1 is 1.23 bits per heavy atom. The highest BCUT2D eigenvalue weighted by Crippen LogP contribution is 2.13. The van der Waals surface area contributed by atoms with Crippen molar-refractivity contribution in [2.24, 2.45) is 17.6 Å². The van der Waals surface area contributed by atoms with Crippen molar-refractivity contribution >= 4 is 5.97 Å². The van der Waals surface area contributed by atoms with E-state index in [2.05, 4.69) is 6.92 Å². The second kappa shape index (κ2) is 4.58. The predicted molar refractivity (Wildman–Crippen MR) is 48.1 cm³/mol. The summed E-state index contributed by atoms with van der Waals surface area (Å²) in [7, 11) is 0. The van der Waals surface area contributed by atoms with Gasteiger partial charge in [0.1, 0.15) is 6.04 Å². The van der Waals surface area contributed by atoms with Crippen molar-refractivity contribution in [1.29, 1.82) is 0 Å². The number of cyclic esters (lactones) is 1. The van der Waals surface area contributed by atoms with Crippen molar-refractivity contribution in [2.75, 3.05) is 19.8 Å². The molecular weight excluding hydrogens is 170 g/mol. The molecule has 0 bridgehead atoms. The van der Waals surface area contributed by atoms with Gasteiger partial charge in [-0.3, -0.25) is 4.79 Å². The Morgan fingerprint density at radius 3 is 2.54 bits per heavy atom. The fourth-order valence-corrected chi connectivity index (χ4v) is 1.10. The van der Waals surface area contributed by atoms with E-state index in [0.29, 0.717) is 25.0 Å². The topological polar surface area (TPSA) is 61.5 Å². The molecule has 0 aromatic carbocycles. The normalized spacial score (nSPS) is 37.2. The highest BCUT2D eigenvalue weighted by atomic mass is 16.5. The zero-order valence-electron chi connectivity index (χ0n) is 8.16. The minimum absolute atomic E-state index is 0.260. The highest BCUT2D eigenvalue weighted by Gasteiger charge is 2.22. The van der Waals surface area contributed by atoms with Crippen molar-refractivity contribution in [1.82, 2.24) is 0 Å². The van der Waals surface area contributed by atoms with Crippen LogP contribution in [0.5, 0.6) is 0 Å². The third-order valence-electron chi connectivity index (χ3n) is 2.44. The van der Waals surface area contributed by atoms with Gasteiger partial charge in [-0.05, 0) is 11.8 Å². The molecule has 3 unspecified atom stereocenters. The van der Waals surface area contributed by atoms with Crippen molar-refractivity contribution < 1.29 is 14.3 Å². The summed E-state index contributed by atoms with van der Waals surface area (Å²) in [5, 5.41) is 0. The zero-order chi connectivity index (χ0) is 9.84. The van der Waals surface area contributed by atoms with Crippen LogP contribution in [-0.2, 0) is 14.3 Å². The summed E-state index contributed by atoms with van der Waals surface area (Å²) >= 11 is 0. The number of carbonyl (C=O) groups excluding carboxylic acids is 1. The van der Waals surface area contributed by atoms with Crippen LogP contribution >= 0.6 is 0 Å². The summed E-state index contributed by atoms with van der Waals surface area (Å²) < 4.78 is 10.3. The molecule has 1 saturated heterocycles. The monoisotopic (exact) mass is 187 g/mol. The quantitative estimate of drug-likeness (QED) is 0.549. The van der Waals surface area contributed by atoms with Crippen LogP contribution in [0.1, 0.15) is 13.8 Å². The van der Waals surface area contributed by atoms with Crippen molar-refractivity contribution in [2.45, 2.75) is 19.9 Å². The molecule has 0 amide bonds. The van der Waals surface area contributed by atoms with Crippen LogP contribution < -0.4 is 5.73 Å². The summed E-state index contributed by atoms with van der Waals surface area (Å²) in [6.07, 6.45) is 0. The Labute approximate surface area is 78.4 Å². The second-order valence-electron chi connectivity index (χ2n) is 3.73. The van der Waals surface area contributed by atoms with Gasteiger partial charge in [-0.1, -0.05) is 13.8 Å². The van der Waals surface area contributed by atoms with Crippen LogP contribution in [0, 0.1) is 11.8 Å². The van der Waals surface area contributed by atoms with Crippen LogP contribution in [0.15, 0.2) is 0 Å². The van der Waals surface area contributed by atoms with Crippen molar-refractivity contribution in [3.05, 3.63) is 0 Å². The Morgan fingerprint density at radius 2 is 1.85 bits per heavy atom. The van der Waals surface area contributed by atoms with Gasteiger partial charge in [0.05, 0.1) is 13.2 Å². The van der Waals surface area contributed by atoms with Gasteiger partial charge >= 0.3 is 5.97 Å². The average molecular weight is 187 g/mol. The molecule has 13 heavy (non-hydrogen) atoms. The Hall–Kier alpha value is -0.610. The van der Waals surface area contributed by atoms with Gasteiger partial charge in [-0.2, -0.15) is 0 Å². The molecule has 0 saturated carbocycles. The summed E-state index contributed by atoms with van der Waals surface area (Å²) in [4.78, 5) is 11.1. The molecule has 4 nitrogen and oxygen atoms in total. The van der Waals surface area contributed by atoms with Gasteiger partial charge in [-0.25, -0.2) is 0 Å². The lowest BCUT2D eigenvalue weighted by Crippen LogP contribution is -2.36. The highest BCUT2D eigenvalue weighted by molar-refractivity contribution is 5.75. The molecule has 3 atom stereocenters. The maximum Gasteiger partial charge on any atom is 0.325 e. The maximum absolute atomic E-state index is 11.1. The van der Waals surface area contributed by atoms with Gasteiger partial charge in [0.25, 0.3) is 0 Å². The number of carbonyl (C=O) groups is 1. The SMILES string of the molecule is CC1COCC(N)C(=O)OCC1C. The zero-order valence-corrected chi connectivity index (χ0v) is 8.16. The summed E-state index contributed by atoms with van der Waals surface area (Å²) in [5.41, 5.74) is 5.51. The van der Waals surface area contributed by atoms with Gasteiger partial charge in [0.15, 0.2) is 0 Å². The average Bonchev–Trinajstić information content (AvgIpc) is 2.15. The van der Waals surface area contributed by atoms with Crippen LogP contribution in [-0.4, -0.2) is 31.8 Å². The van der Waals surface area contributed by atoms with Gasteiger partial charge in [-0.15, -0.1) is 0 Å². The van der Waals surface area contributed by atoms with Gasteiger partial charge < -0.3 is 15.2 Å². The molecule has 2 N–H and O–H groups in total. The van der Waals surface area contributed by atoms with Gasteiger partial charge in [0, 0.05) is 6.61 Å². The van der Waals surface area contributed by atoms with E-state index in [1.54, 1.807) is 0 Å². The molecule has 76 valence electrons. The smallest absolute Gasteiger partial charge is 0.325 e. The molecule has 4 heteroatoms. The van der Waals surface area contributed by atoms with Crippen molar-refractivity contribution in [3.8, 4) is 0 Å². The fourth-order valence-electron chi connectivity index (χ4n) is 1.10. The fraction of sp³-hybridized carbons (Fsp3) is 0.889. The van der Waals surface area contributed by atoms with E-state index in [1.807, 2.05) is 6.92 Å². The van der Waals surface area contributed by atoms with E-state index < -0.39 is 6.04 Å². The molecule has 1 aliphatic rings. The first kappa shape index (κ1) is 10.5. The lowest BCUT2D eigenvalue weighted by atomic mass is 9.98. The van der Waals surface area contributed by atoms with E-state index in [-0.39, 0.29) is 12.6 Å². The minimum Gasteiger partial charge on any atom is -0.464 e. The lowest BCUT2D eigenvalue weighted by Gasteiger charge is -2.17. The molecule has 1 aliphatic heterocycles. The van der Waals surface area contributed by atoms with E-state index in [4.69, 9.17) is 15.2 Å². The number of hydrogen-bond donors (Lipinski definition) is 1. The van der Waals surface area contributed by atoms with Crippen LogP contribution in [0.2, 0.25) is 0 Å². The molecule has 0 aliphatic carbocycles. The van der Waals surface area contributed by atoms with Crippen LogP contribution in [0.3, 0.4) is 0 Å². The van der Waals surface area contributed by atoms with Gasteiger partial charge in [0.2, 0.25) is 0 Å². The molecule has 0 spiro atoms. The molecule has 1 rings (SSSR count). The Bertz CT molecular complexity index is 184. The second-order valence-corrected chi connectivity index (χ2v) is 3.73. The number of nitrogens with two attached hydrogens (primary N) is 1. The number of esters is 1. The summed E-state index contributed by atoms with van der Waals surface area (Å²) in [6, 6.07) is -0.627. The largest absolute Gasteiger partial charge is 0.464 e. The third-order valence-corrected chi connectivity index (χ3v) is 2.44. The first-order valence-electron chi connectivity index (χ1n) is 4.61. The lowest BCUT2D eigenvalue weighted by molar-refractivity contribution is -0.147. The molecular formula is C9H17NO3.